The lowest BCUT2D eigenvalue weighted by molar-refractivity contribution is -0.132. The molecule has 0 radical (unpaired) electrons. The standard InChI is InChI=1S/C30H37BrClN3O3/c1-3-5-17-34(22-28-8-6-18-33(28)21-24-9-13-26(31)14-10-24)29(36)23-35(19-7-20-38-4-2)30(37)25-11-15-27(32)16-12-25/h6,8-16,18H,3-5,7,17,19-23H2,1-2H3. The number of halogens is 2. The first kappa shape index (κ1) is 29.9. The lowest BCUT2D eigenvalue weighted by Crippen LogP contribution is -2.43. The van der Waals surface area contributed by atoms with Crippen molar-refractivity contribution in [3.05, 3.63) is 93.2 Å². The van der Waals surface area contributed by atoms with Crippen LogP contribution in [0.25, 0.3) is 0 Å². The van der Waals surface area contributed by atoms with Crippen LogP contribution in [0.2, 0.25) is 5.02 Å². The Bertz CT molecular complexity index is 1150. The second-order valence-corrected chi connectivity index (χ2v) is 10.6. The van der Waals surface area contributed by atoms with E-state index in [4.69, 9.17) is 16.3 Å². The van der Waals surface area contributed by atoms with Gasteiger partial charge in [-0.3, -0.25) is 9.59 Å². The number of hydrogen-bond acceptors (Lipinski definition) is 3. The fourth-order valence-corrected chi connectivity index (χ4v) is 4.55. The molecule has 0 fully saturated rings. The molecule has 0 N–H and O–H groups in total. The third-order valence-electron chi connectivity index (χ3n) is 6.30. The van der Waals surface area contributed by atoms with Crippen molar-refractivity contribution < 1.29 is 14.3 Å². The average Bonchev–Trinajstić information content (AvgIpc) is 3.35. The van der Waals surface area contributed by atoms with Crippen LogP contribution in [-0.4, -0.2) is 59.0 Å². The second-order valence-electron chi connectivity index (χ2n) is 9.21. The van der Waals surface area contributed by atoms with Gasteiger partial charge in [0.25, 0.3) is 5.91 Å². The smallest absolute Gasteiger partial charge is 0.254 e. The van der Waals surface area contributed by atoms with Gasteiger partial charge in [0.15, 0.2) is 0 Å². The quantitative estimate of drug-likeness (QED) is 0.183. The lowest BCUT2D eigenvalue weighted by atomic mass is 10.2. The molecule has 0 saturated heterocycles. The van der Waals surface area contributed by atoms with Crippen molar-refractivity contribution >= 4 is 39.3 Å². The van der Waals surface area contributed by atoms with E-state index in [0.717, 1.165) is 29.6 Å². The van der Waals surface area contributed by atoms with Gasteiger partial charge in [-0.15, -0.1) is 0 Å². The SMILES string of the molecule is CCCCN(Cc1cccn1Cc1ccc(Br)cc1)C(=O)CN(CCCOCC)C(=O)c1ccc(Cl)cc1. The third-order valence-corrected chi connectivity index (χ3v) is 7.08. The highest BCUT2D eigenvalue weighted by Crippen LogP contribution is 2.16. The van der Waals surface area contributed by atoms with Gasteiger partial charge in [-0.05, 0) is 73.9 Å². The van der Waals surface area contributed by atoms with Gasteiger partial charge in [0.1, 0.15) is 6.54 Å². The summed E-state index contributed by atoms with van der Waals surface area (Å²) >= 11 is 9.51. The van der Waals surface area contributed by atoms with Gasteiger partial charge in [0, 0.05) is 59.8 Å². The van der Waals surface area contributed by atoms with Crippen molar-refractivity contribution in [3.8, 4) is 0 Å². The van der Waals surface area contributed by atoms with E-state index in [1.807, 2.05) is 36.2 Å². The van der Waals surface area contributed by atoms with Crippen molar-refractivity contribution in [1.82, 2.24) is 14.4 Å². The third kappa shape index (κ3) is 9.29. The maximum atomic E-state index is 13.6. The minimum absolute atomic E-state index is 0.0186. The van der Waals surface area contributed by atoms with Gasteiger partial charge in [-0.25, -0.2) is 0 Å². The number of nitrogens with zero attached hydrogens (tertiary/aromatic N) is 3. The fraction of sp³-hybridized carbons (Fsp3) is 0.400. The van der Waals surface area contributed by atoms with Crippen molar-refractivity contribution in [3.63, 3.8) is 0 Å². The van der Waals surface area contributed by atoms with Crippen molar-refractivity contribution in [1.29, 1.82) is 0 Å². The molecule has 0 aliphatic rings. The predicted octanol–water partition coefficient (Wildman–Crippen LogP) is 6.65. The van der Waals surface area contributed by atoms with E-state index < -0.39 is 0 Å². The van der Waals surface area contributed by atoms with Crippen LogP contribution in [-0.2, 0) is 22.6 Å². The van der Waals surface area contributed by atoms with Gasteiger partial charge >= 0.3 is 0 Å². The number of aromatic nitrogens is 1. The molecular weight excluding hydrogens is 566 g/mol. The zero-order valence-corrected chi connectivity index (χ0v) is 24.6. The molecular formula is C30H37BrClN3O3. The average molecular weight is 603 g/mol. The fourth-order valence-electron chi connectivity index (χ4n) is 4.16. The number of rotatable bonds is 15. The molecule has 0 bridgehead atoms. The van der Waals surface area contributed by atoms with Crippen molar-refractivity contribution in [2.45, 2.75) is 46.2 Å². The molecule has 38 heavy (non-hydrogen) atoms. The van der Waals surface area contributed by atoms with E-state index in [-0.39, 0.29) is 18.4 Å². The maximum Gasteiger partial charge on any atom is 0.254 e. The summed E-state index contributed by atoms with van der Waals surface area (Å²) in [7, 11) is 0. The Labute approximate surface area is 239 Å². The molecule has 2 amide bonds. The highest BCUT2D eigenvalue weighted by molar-refractivity contribution is 9.10. The number of carbonyl (C=O) groups excluding carboxylic acids is 2. The molecule has 2 aromatic carbocycles. The largest absolute Gasteiger partial charge is 0.382 e. The van der Waals surface area contributed by atoms with Gasteiger partial charge < -0.3 is 19.1 Å². The number of unbranched alkanes of at least 4 members (excludes halogenated alkanes) is 1. The topological polar surface area (TPSA) is 54.8 Å². The number of benzene rings is 2. The van der Waals surface area contributed by atoms with E-state index in [1.54, 1.807) is 29.2 Å². The number of hydrogen-bond donors (Lipinski definition) is 0. The molecule has 0 spiro atoms. The van der Waals surface area contributed by atoms with E-state index in [9.17, 15) is 9.59 Å². The maximum absolute atomic E-state index is 13.6. The van der Waals surface area contributed by atoms with E-state index in [0.29, 0.717) is 49.9 Å². The Morgan fingerprint density at radius 3 is 2.34 bits per heavy atom. The molecule has 0 saturated carbocycles. The molecule has 3 rings (SSSR count). The monoisotopic (exact) mass is 601 g/mol. The Morgan fingerprint density at radius 1 is 0.947 bits per heavy atom. The van der Waals surface area contributed by atoms with E-state index in [2.05, 4.69) is 45.6 Å². The summed E-state index contributed by atoms with van der Waals surface area (Å²) in [4.78, 5) is 30.5. The molecule has 0 aliphatic heterocycles. The molecule has 0 atom stereocenters. The minimum Gasteiger partial charge on any atom is -0.382 e. The Hall–Kier alpha value is -2.61. The van der Waals surface area contributed by atoms with Crippen LogP contribution in [0.15, 0.2) is 71.3 Å². The first-order chi connectivity index (χ1) is 18.4. The van der Waals surface area contributed by atoms with Gasteiger partial charge in [0.2, 0.25) is 5.91 Å². The van der Waals surface area contributed by atoms with Gasteiger partial charge in [0.05, 0.1) is 6.54 Å². The molecule has 8 heteroatoms. The van der Waals surface area contributed by atoms with Crippen LogP contribution >= 0.6 is 27.5 Å². The Balaban J connectivity index is 1.75. The highest BCUT2D eigenvalue weighted by Gasteiger charge is 2.23. The van der Waals surface area contributed by atoms with Crippen LogP contribution < -0.4 is 0 Å². The number of ether oxygens (including phenoxy) is 1. The molecule has 1 aromatic heterocycles. The first-order valence-electron chi connectivity index (χ1n) is 13.2. The summed E-state index contributed by atoms with van der Waals surface area (Å²) in [6.45, 7) is 7.53. The second kappa shape index (κ2) is 15.7. The summed E-state index contributed by atoms with van der Waals surface area (Å²) in [6, 6.07) is 19.1. The lowest BCUT2D eigenvalue weighted by Gasteiger charge is -2.28. The highest BCUT2D eigenvalue weighted by atomic mass is 79.9. The zero-order valence-electron chi connectivity index (χ0n) is 22.2. The molecule has 1 heterocycles. The predicted molar refractivity (Wildman–Crippen MR) is 156 cm³/mol. The normalized spacial score (nSPS) is 10.9. The van der Waals surface area contributed by atoms with Crippen LogP contribution in [0, 0.1) is 0 Å². The van der Waals surface area contributed by atoms with Crippen LogP contribution in [0.4, 0.5) is 0 Å². The summed E-state index contributed by atoms with van der Waals surface area (Å²) in [5.74, 6) is -0.242. The van der Waals surface area contributed by atoms with Crippen LogP contribution in [0.3, 0.4) is 0 Å². The van der Waals surface area contributed by atoms with Gasteiger partial charge in [-0.1, -0.05) is 53.0 Å². The van der Waals surface area contributed by atoms with Crippen LogP contribution in [0.1, 0.15) is 54.7 Å². The Morgan fingerprint density at radius 2 is 1.66 bits per heavy atom. The number of carbonyl (C=O) groups is 2. The Kier molecular flexibility index (Phi) is 12.4. The van der Waals surface area contributed by atoms with Gasteiger partial charge in [-0.2, -0.15) is 0 Å². The molecule has 0 aliphatic carbocycles. The van der Waals surface area contributed by atoms with Crippen molar-refractivity contribution in [2.24, 2.45) is 0 Å². The molecule has 3 aromatic rings. The summed E-state index contributed by atoms with van der Waals surface area (Å²) < 4.78 is 8.69. The zero-order chi connectivity index (χ0) is 27.3. The summed E-state index contributed by atoms with van der Waals surface area (Å²) in [6.07, 6.45) is 4.58. The number of amides is 2. The molecule has 6 nitrogen and oxygen atoms in total. The summed E-state index contributed by atoms with van der Waals surface area (Å²) in [5, 5.41) is 0.567. The van der Waals surface area contributed by atoms with E-state index in [1.165, 1.54) is 5.56 Å². The first-order valence-corrected chi connectivity index (χ1v) is 14.4. The van der Waals surface area contributed by atoms with E-state index >= 15 is 0 Å². The molecule has 0 unspecified atom stereocenters. The minimum atomic E-state index is -0.180. The van der Waals surface area contributed by atoms with Crippen molar-refractivity contribution in [2.75, 3.05) is 32.8 Å². The van der Waals surface area contributed by atoms with Crippen LogP contribution in [0.5, 0.6) is 0 Å². The molecule has 204 valence electrons. The summed E-state index contributed by atoms with van der Waals surface area (Å²) in [5.41, 5.74) is 2.76.